The fraction of sp³-hybridized carbons (Fsp3) is 0.280. The molecular formula is C50H47N. The molecule has 1 nitrogen and oxygen atoms in total. The average Bonchev–Trinajstić information content (AvgIpc) is 3.65. The Bertz CT molecular complexity index is 2210. The van der Waals surface area contributed by atoms with Crippen molar-refractivity contribution in [3.8, 4) is 22.3 Å². The van der Waals surface area contributed by atoms with Gasteiger partial charge in [0.15, 0.2) is 0 Å². The molecule has 0 aromatic heterocycles. The summed E-state index contributed by atoms with van der Waals surface area (Å²) in [7, 11) is 0. The van der Waals surface area contributed by atoms with Crippen molar-refractivity contribution in [3.63, 3.8) is 0 Å². The van der Waals surface area contributed by atoms with Gasteiger partial charge in [0.1, 0.15) is 0 Å². The van der Waals surface area contributed by atoms with E-state index in [0.29, 0.717) is 5.92 Å². The van der Waals surface area contributed by atoms with E-state index in [1.54, 1.807) is 16.7 Å². The second kappa shape index (κ2) is 11.6. The van der Waals surface area contributed by atoms with Crippen LogP contribution in [-0.2, 0) is 10.8 Å². The Morgan fingerprint density at radius 3 is 1.71 bits per heavy atom. The molecular weight excluding hydrogens is 615 g/mol. The van der Waals surface area contributed by atoms with Gasteiger partial charge >= 0.3 is 0 Å². The van der Waals surface area contributed by atoms with E-state index in [0.717, 1.165) is 23.7 Å². The van der Waals surface area contributed by atoms with Crippen LogP contribution >= 0.6 is 0 Å². The van der Waals surface area contributed by atoms with E-state index in [4.69, 9.17) is 0 Å². The molecule has 3 atom stereocenters. The first-order valence-corrected chi connectivity index (χ1v) is 19.3. The van der Waals surface area contributed by atoms with Crippen LogP contribution in [0.2, 0.25) is 0 Å². The highest BCUT2D eigenvalue weighted by molar-refractivity contribution is 5.82. The molecule has 10 rings (SSSR count). The van der Waals surface area contributed by atoms with Crippen molar-refractivity contribution in [2.24, 2.45) is 23.7 Å². The first-order chi connectivity index (χ1) is 24.9. The molecule has 3 fully saturated rings. The number of rotatable bonds is 5. The van der Waals surface area contributed by atoms with Gasteiger partial charge in [-0.05, 0) is 136 Å². The molecule has 0 N–H and O–H groups in total. The van der Waals surface area contributed by atoms with E-state index in [-0.39, 0.29) is 10.8 Å². The summed E-state index contributed by atoms with van der Waals surface area (Å²) in [4.78, 5) is 2.51. The van der Waals surface area contributed by atoms with E-state index in [9.17, 15) is 0 Å². The minimum atomic E-state index is -0.0704. The summed E-state index contributed by atoms with van der Waals surface area (Å²) in [6.07, 6.45) is 5.51. The SMILES string of the molecule is CC1(C)c2ccc(N(c3ccc(-c4ccccc4)cc3)c3cccc(-c4ccccc4)c3)cc2C2[C@H]3C[C@@H]4C[C@@H](C)C[C@@H](C3)C24c2ccccc21. The minimum absolute atomic E-state index is 0.0704. The fourth-order valence-electron chi connectivity index (χ4n) is 11.9. The van der Waals surface area contributed by atoms with Crippen molar-refractivity contribution < 1.29 is 0 Å². The molecule has 0 heterocycles. The Kier molecular flexibility index (Phi) is 7.01. The van der Waals surface area contributed by atoms with Crippen LogP contribution < -0.4 is 4.90 Å². The molecule has 1 unspecified atom stereocenters. The van der Waals surface area contributed by atoms with Crippen LogP contribution in [0.5, 0.6) is 0 Å². The average molecular weight is 662 g/mol. The lowest BCUT2D eigenvalue weighted by atomic mass is 9.53. The molecule has 51 heavy (non-hydrogen) atoms. The van der Waals surface area contributed by atoms with Crippen molar-refractivity contribution in [3.05, 3.63) is 174 Å². The van der Waals surface area contributed by atoms with Crippen molar-refractivity contribution in [1.29, 1.82) is 0 Å². The van der Waals surface area contributed by atoms with Gasteiger partial charge < -0.3 is 4.90 Å². The summed E-state index contributed by atoms with van der Waals surface area (Å²) >= 11 is 0. The molecule has 0 radical (unpaired) electrons. The van der Waals surface area contributed by atoms with Crippen molar-refractivity contribution in [2.45, 2.75) is 63.2 Å². The number of anilines is 3. The van der Waals surface area contributed by atoms with Crippen LogP contribution in [0.15, 0.2) is 152 Å². The first kappa shape index (κ1) is 30.9. The van der Waals surface area contributed by atoms with Gasteiger partial charge in [-0.2, -0.15) is 0 Å². The number of hydrogen-bond donors (Lipinski definition) is 0. The third kappa shape index (κ3) is 4.60. The van der Waals surface area contributed by atoms with Crippen molar-refractivity contribution in [2.75, 3.05) is 4.90 Å². The summed E-state index contributed by atoms with van der Waals surface area (Å²) in [5.41, 5.74) is 15.2. The topological polar surface area (TPSA) is 3.24 Å². The molecule has 4 aliphatic carbocycles. The number of hydrogen-bond acceptors (Lipinski definition) is 1. The van der Waals surface area contributed by atoms with E-state index in [1.807, 2.05) is 0 Å². The van der Waals surface area contributed by atoms with Crippen molar-refractivity contribution >= 4 is 17.1 Å². The molecule has 252 valence electrons. The maximum absolute atomic E-state index is 2.64. The smallest absolute Gasteiger partial charge is 0.0467 e. The van der Waals surface area contributed by atoms with Crippen molar-refractivity contribution in [1.82, 2.24) is 0 Å². The van der Waals surface area contributed by atoms with E-state index in [1.165, 1.54) is 70.6 Å². The van der Waals surface area contributed by atoms with Crippen LogP contribution in [0.3, 0.4) is 0 Å². The van der Waals surface area contributed by atoms with E-state index in [2.05, 4.69) is 177 Å². The largest absolute Gasteiger partial charge is 0.310 e. The van der Waals surface area contributed by atoms with Gasteiger partial charge in [-0.15, -0.1) is 0 Å². The Morgan fingerprint density at radius 1 is 0.471 bits per heavy atom. The Morgan fingerprint density at radius 2 is 1.02 bits per heavy atom. The second-order valence-corrected chi connectivity index (χ2v) is 16.7. The van der Waals surface area contributed by atoms with Crippen LogP contribution in [0, 0.1) is 23.7 Å². The zero-order valence-corrected chi connectivity index (χ0v) is 30.1. The molecule has 0 aliphatic heterocycles. The Hall–Kier alpha value is -4.88. The van der Waals surface area contributed by atoms with Gasteiger partial charge in [-0.3, -0.25) is 0 Å². The Labute approximate surface area is 304 Å². The van der Waals surface area contributed by atoms with Crippen LogP contribution in [0.25, 0.3) is 22.3 Å². The lowest BCUT2D eigenvalue weighted by Gasteiger charge is -2.50. The minimum Gasteiger partial charge on any atom is -0.310 e. The normalized spacial score (nSPS) is 26.5. The zero-order valence-electron chi connectivity index (χ0n) is 30.1. The predicted molar refractivity (Wildman–Crippen MR) is 213 cm³/mol. The molecule has 4 aliphatic rings. The molecule has 0 amide bonds. The van der Waals surface area contributed by atoms with Gasteiger partial charge in [0.2, 0.25) is 0 Å². The lowest BCUT2D eigenvalue weighted by Crippen LogP contribution is -2.46. The predicted octanol–water partition coefficient (Wildman–Crippen LogP) is 13.2. The van der Waals surface area contributed by atoms with Gasteiger partial charge in [0.25, 0.3) is 0 Å². The summed E-state index contributed by atoms with van der Waals surface area (Å²) < 4.78 is 0. The second-order valence-electron chi connectivity index (χ2n) is 16.7. The molecule has 1 spiro atoms. The molecule has 6 aromatic carbocycles. The number of nitrogens with zero attached hydrogens (tertiary/aromatic N) is 1. The van der Waals surface area contributed by atoms with Gasteiger partial charge in [0, 0.05) is 27.9 Å². The highest BCUT2D eigenvalue weighted by Gasteiger charge is 2.68. The maximum atomic E-state index is 2.64. The van der Waals surface area contributed by atoms with Crippen LogP contribution in [0.1, 0.15) is 74.6 Å². The summed E-state index contributed by atoms with van der Waals surface area (Å²) in [6.45, 7) is 7.52. The molecule has 2 bridgehead atoms. The van der Waals surface area contributed by atoms with Crippen LogP contribution in [-0.4, -0.2) is 0 Å². The summed E-state index contributed by atoms with van der Waals surface area (Å²) in [6, 6.07) is 57.1. The molecule has 3 saturated carbocycles. The van der Waals surface area contributed by atoms with Gasteiger partial charge in [-0.1, -0.05) is 136 Å². The van der Waals surface area contributed by atoms with E-state index >= 15 is 0 Å². The molecule has 0 saturated heterocycles. The zero-order chi connectivity index (χ0) is 34.3. The standard InChI is InChI=1S/C50H47N/c1-33-27-39-29-38-30-40(28-33)50(39)47-20-11-10-19-46(47)49(2,3)45-26-25-43(32-44(45)48(38)50)51(41-23-21-36(22-24-41)34-13-6-4-7-14-34)42-18-12-17-37(31-42)35-15-8-5-9-16-35/h4-26,31-33,38-40,48H,27-30H2,1-3H3/t33-,38+,39-,40-,48?,50?/m0/s1. The number of benzene rings is 6. The first-order valence-electron chi connectivity index (χ1n) is 19.3. The van der Waals surface area contributed by atoms with Crippen LogP contribution in [0.4, 0.5) is 17.1 Å². The van der Waals surface area contributed by atoms with Gasteiger partial charge in [-0.25, -0.2) is 0 Å². The number of fused-ring (bicyclic) bond motifs is 2. The summed E-state index contributed by atoms with van der Waals surface area (Å²) in [5, 5.41) is 0. The van der Waals surface area contributed by atoms with Gasteiger partial charge in [0.05, 0.1) is 0 Å². The quantitative estimate of drug-likeness (QED) is 0.178. The highest BCUT2D eigenvalue weighted by atomic mass is 15.1. The third-order valence-electron chi connectivity index (χ3n) is 13.7. The lowest BCUT2D eigenvalue weighted by molar-refractivity contribution is 0.0822. The fourth-order valence-corrected chi connectivity index (χ4v) is 11.9. The maximum Gasteiger partial charge on any atom is 0.0467 e. The molecule has 6 aromatic rings. The monoisotopic (exact) mass is 661 g/mol. The molecule has 1 heteroatoms. The third-order valence-corrected chi connectivity index (χ3v) is 13.7. The summed E-state index contributed by atoms with van der Waals surface area (Å²) in [5.74, 6) is 3.68. The highest BCUT2D eigenvalue weighted by Crippen LogP contribution is 2.75. The van der Waals surface area contributed by atoms with E-state index < -0.39 is 0 Å². The Balaban J connectivity index is 1.17.